The predicted octanol–water partition coefficient (Wildman–Crippen LogP) is 4.06. The first-order valence-corrected chi connectivity index (χ1v) is 9.16. The van der Waals surface area contributed by atoms with E-state index in [1.807, 2.05) is 0 Å². The molecule has 1 aliphatic heterocycles. The van der Waals surface area contributed by atoms with Crippen LogP contribution in [-0.2, 0) is 0 Å². The maximum atomic E-state index is 3.69. The number of nitrogens with one attached hydrogen (secondary N) is 1. The summed E-state index contributed by atoms with van der Waals surface area (Å²) in [5, 5.41) is 3.69. The molecule has 0 spiro atoms. The Morgan fingerprint density at radius 1 is 1.15 bits per heavy atom. The molecule has 2 aliphatic rings. The first kappa shape index (κ1) is 16.3. The van der Waals surface area contributed by atoms with Crippen molar-refractivity contribution in [2.75, 3.05) is 19.6 Å². The van der Waals surface area contributed by atoms with Crippen molar-refractivity contribution in [3.05, 3.63) is 0 Å². The van der Waals surface area contributed by atoms with Gasteiger partial charge in [-0.3, -0.25) is 4.90 Å². The molecule has 0 aromatic carbocycles. The molecule has 1 saturated carbocycles. The Bertz CT molecular complexity index is 258. The van der Waals surface area contributed by atoms with Crippen molar-refractivity contribution in [2.45, 2.75) is 84.2 Å². The highest BCUT2D eigenvalue weighted by Crippen LogP contribution is 2.32. The second-order valence-electron chi connectivity index (χ2n) is 7.60. The number of hydrogen-bond acceptors (Lipinski definition) is 2. The molecule has 2 rings (SSSR count). The average Bonchev–Trinajstić information content (AvgIpc) is 2.91. The summed E-state index contributed by atoms with van der Waals surface area (Å²) in [5.41, 5.74) is 0. The van der Waals surface area contributed by atoms with Crippen molar-refractivity contribution in [2.24, 2.45) is 11.8 Å². The zero-order valence-electron chi connectivity index (χ0n) is 14.0. The standard InChI is InChI=1S/C18H36N2/c1-4-11-20(14-17-8-6-10-19-17)18-9-5-7-16(13-18)12-15(2)3/h15-19H,4-14H2,1-3H3. The van der Waals surface area contributed by atoms with Crippen molar-refractivity contribution in [3.8, 4) is 0 Å². The van der Waals surface area contributed by atoms with Crippen LogP contribution in [0, 0.1) is 11.8 Å². The quantitative estimate of drug-likeness (QED) is 0.756. The van der Waals surface area contributed by atoms with Gasteiger partial charge in [-0.1, -0.05) is 33.6 Å². The Hall–Kier alpha value is -0.0800. The topological polar surface area (TPSA) is 15.3 Å². The van der Waals surface area contributed by atoms with Crippen LogP contribution in [0.4, 0.5) is 0 Å². The zero-order valence-corrected chi connectivity index (χ0v) is 14.0. The number of hydrogen-bond donors (Lipinski definition) is 1. The Balaban J connectivity index is 1.86. The minimum atomic E-state index is 0.770. The lowest BCUT2D eigenvalue weighted by atomic mass is 9.80. The number of rotatable bonds is 7. The van der Waals surface area contributed by atoms with Crippen molar-refractivity contribution >= 4 is 0 Å². The van der Waals surface area contributed by atoms with Gasteiger partial charge in [-0.2, -0.15) is 0 Å². The van der Waals surface area contributed by atoms with Crippen LogP contribution in [0.15, 0.2) is 0 Å². The fourth-order valence-electron chi connectivity index (χ4n) is 4.38. The molecule has 3 atom stereocenters. The van der Waals surface area contributed by atoms with Crippen LogP contribution >= 0.6 is 0 Å². The monoisotopic (exact) mass is 280 g/mol. The van der Waals surface area contributed by atoms with Gasteiger partial charge in [0, 0.05) is 18.6 Å². The fraction of sp³-hybridized carbons (Fsp3) is 1.00. The molecule has 1 N–H and O–H groups in total. The zero-order chi connectivity index (χ0) is 14.4. The third-order valence-electron chi connectivity index (χ3n) is 5.20. The number of nitrogens with zero attached hydrogens (tertiary/aromatic N) is 1. The van der Waals surface area contributed by atoms with E-state index in [-0.39, 0.29) is 0 Å². The second kappa shape index (κ2) is 8.38. The van der Waals surface area contributed by atoms with Gasteiger partial charge in [0.05, 0.1) is 0 Å². The minimum Gasteiger partial charge on any atom is -0.313 e. The van der Waals surface area contributed by atoms with E-state index >= 15 is 0 Å². The van der Waals surface area contributed by atoms with E-state index in [0.717, 1.165) is 23.9 Å². The highest BCUT2D eigenvalue weighted by Gasteiger charge is 2.28. The van der Waals surface area contributed by atoms with E-state index in [2.05, 4.69) is 31.0 Å². The lowest BCUT2D eigenvalue weighted by Crippen LogP contribution is -2.45. The summed E-state index contributed by atoms with van der Waals surface area (Å²) in [6.45, 7) is 10.9. The summed E-state index contributed by atoms with van der Waals surface area (Å²) in [7, 11) is 0. The largest absolute Gasteiger partial charge is 0.313 e. The summed E-state index contributed by atoms with van der Waals surface area (Å²) < 4.78 is 0. The molecule has 0 aromatic rings. The van der Waals surface area contributed by atoms with Crippen LogP contribution in [0.1, 0.15) is 72.1 Å². The second-order valence-corrected chi connectivity index (χ2v) is 7.60. The van der Waals surface area contributed by atoms with Crippen LogP contribution in [0.25, 0.3) is 0 Å². The highest BCUT2D eigenvalue weighted by atomic mass is 15.2. The Kier molecular flexibility index (Phi) is 6.83. The van der Waals surface area contributed by atoms with Crippen LogP contribution in [0.5, 0.6) is 0 Å². The molecule has 1 heterocycles. The summed E-state index contributed by atoms with van der Waals surface area (Å²) in [4.78, 5) is 2.83. The molecule has 0 bridgehead atoms. The van der Waals surface area contributed by atoms with Crippen molar-refractivity contribution in [1.29, 1.82) is 0 Å². The first-order valence-electron chi connectivity index (χ1n) is 9.16. The van der Waals surface area contributed by atoms with E-state index in [1.165, 1.54) is 71.0 Å². The van der Waals surface area contributed by atoms with E-state index < -0.39 is 0 Å². The lowest BCUT2D eigenvalue weighted by molar-refractivity contribution is 0.113. The Morgan fingerprint density at radius 3 is 2.65 bits per heavy atom. The third-order valence-corrected chi connectivity index (χ3v) is 5.20. The van der Waals surface area contributed by atoms with Gasteiger partial charge < -0.3 is 5.32 Å². The van der Waals surface area contributed by atoms with E-state index in [1.54, 1.807) is 0 Å². The molecule has 2 heteroatoms. The van der Waals surface area contributed by atoms with Crippen LogP contribution < -0.4 is 5.32 Å². The summed E-state index contributed by atoms with van der Waals surface area (Å²) >= 11 is 0. The van der Waals surface area contributed by atoms with Crippen molar-refractivity contribution < 1.29 is 0 Å². The maximum Gasteiger partial charge on any atom is 0.0195 e. The Labute approximate surface area is 126 Å². The SMILES string of the molecule is CCCN(CC1CCCN1)C1CCCC(CC(C)C)C1. The van der Waals surface area contributed by atoms with Crippen LogP contribution in [-0.4, -0.2) is 36.6 Å². The lowest BCUT2D eigenvalue weighted by Gasteiger charge is -2.39. The molecule has 1 saturated heterocycles. The van der Waals surface area contributed by atoms with Gasteiger partial charge in [0.25, 0.3) is 0 Å². The van der Waals surface area contributed by atoms with Gasteiger partial charge in [-0.15, -0.1) is 0 Å². The molecule has 2 nitrogen and oxygen atoms in total. The summed E-state index contributed by atoms with van der Waals surface area (Å²) in [6, 6.07) is 1.64. The Morgan fingerprint density at radius 2 is 2.00 bits per heavy atom. The molecule has 20 heavy (non-hydrogen) atoms. The van der Waals surface area contributed by atoms with Gasteiger partial charge >= 0.3 is 0 Å². The van der Waals surface area contributed by atoms with E-state index in [9.17, 15) is 0 Å². The van der Waals surface area contributed by atoms with Crippen molar-refractivity contribution in [3.63, 3.8) is 0 Å². The third kappa shape index (κ3) is 5.04. The molecular weight excluding hydrogens is 244 g/mol. The van der Waals surface area contributed by atoms with Gasteiger partial charge in [0.15, 0.2) is 0 Å². The van der Waals surface area contributed by atoms with E-state index in [4.69, 9.17) is 0 Å². The fourth-order valence-corrected chi connectivity index (χ4v) is 4.38. The van der Waals surface area contributed by atoms with Gasteiger partial charge in [-0.25, -0.2) is 0 Å². The molecule has 2 fully saturated rings. The molecule has 1 aliphatic carbocycles. The molecule has 0 aromatic heterocycles. The van der Waals surface area contributed by atoms with Crippen LogP contribution in [0.3, 0.4) is 0 Å². The average molecular weight is 280 g/mol. The normalized spacial score (nSPS) is 31.4. The highest BCUT2D eigenvalue weighted by molar-refractivity contribution is 4.85. The van der Waals surface area contributed by atoms with Crippen molar-refractivity contribution in [1.82, 2.24) is 10.2 Å². The molecule has 118 valence electrons. The minimum absolute atomic E-state index is 0.770. The molecular formula is C18H36N2. The molecule has 0 radical (unpaired) electrons. The van der Waals surface area contributed by atoms with E-state index in [0.29, 0.717) is 0 Å². The summed E-state index contributed by atoms with van der Waals surface area (Å²) in [6.07, 6.45) is 11.4. The van der Waals surface area contributed by atoms with Gasteiger partial charge in [0.2, 0.25) is 0 Å². The predicted molar refractivity (Wildman–Crippen MR) is 88.1 cm³/mol. The van der Waals surface area contributed by atoms with Gasteiger partial charge in [0.1, 0.15) is 0 Å². The maximum absolute atomic E-state index is 3.69. The molecule has 3 unspecified atom stereocenters. The van der Waals surface area contributed by atoms with Crippen LogP contribution in [0.2, 0.25) is 0 Å². The van der Waals surface area contributed by atoms with Gasteiger partial charge in [-0.05, 0) is 63.5 Å². The molecule has 0 amide bonds. The summed E-state index contributed by atoms with van der Waals surface area (Å²) in [5.74, 6) is 1.86. The first-order chi connectivity index (χ1) is 9.69. The smallest absolute Gasteiger partial charge is 0.0195 e.